The number of ether oxygens (including phenoxy) is 1. The van der Waals surface area contributed by atoms with Crippen LogP contribution in [0.4, 0.5) is 18.9 Å². The van der Waals surface area contributed by atoms with Crippen molar-refractivity contribution in [1.29, 1.82) is 0 Å². The summed E-state index contributed by atoms with van der Waals surface area (Å²) < 4.78 is 65.9. The van der Waals surface area contributed by atoms with Crippen LogP contribution in [0.3, 0.4) is 0 Å². The van der Waals surface area contributed by atoms with E-state index >= 15 is 0 Å². The Bertz CT molecular complexity index is 1680. The molecule has 0 radical (unpaired) electrons. The summed E-state index contributed by atoms with van der Waals surface area (Å²) in [6, 6.07) is 7.01. The van der Waals surface area contributed by atoms with E-state index in [1.807, 2.05) is 0 Å². The van der Waals surface area contributed by atoms with E-state index in [0.29, 0.717) is 17.7 Å². The normalized spacial score (nSPS) is 19.9. The van der Waals surface area contributed by atoms with Gasteiger partial charge < -0.3 is 24.0 Å². The molecule has 4 atom stereocenters. The second-order valence-electron chi connectivity index (χ2n) is 16.5. The maximum atomic E-state index is 14.9. The van der Waals surface area contributed by atoms with Crippen molar-refractivity contribution in [3.63, 3.8) is 0 Å². The number of aromatic nitrogens is 2. The molecule has 0 bridgehead atoms. The molecular weight excluding hydrogens is 728 g/mol. The average molecular weight is 788 g/mol. The smallest absolute Gasteiger partial charge is 0.274 e. The number of rotatable bonds is 15. The lowest BCUT2D eigenvalue weighted by Crippen LogP contribution is -2.62. The molecule has 4 rings (SSSR count). The van der Waals surface area contributed by atoms with Gasteiger partial charge in [-0.3, -0.25) is 9.78 Å². The summed E-state index contributed by atoms with van der Waals surface area (Å²) in [5, 5.41) is 13.8. The van der Waals surface area contributed by atoms with Gasteiger partial charge in [-0.05, 0) is 63.6 Å². The number of aliphatic hydroxyl groups excluding tert-OH is 1. The molecule has 1 saturated heterocycles. The van der Waals surface area contributed by atoms with Gasteiger partial charge in [-0.1, -0.05) is 89.2 Å². The van der Waals surface area contributed by atoms with E-state index in [1.165, 1.54) is 12.3 Å². The van der Waals surface area contributed by atoms with E-state index < -0.39 is 75.7 Å². The van der Waals surface area contributed by atoms with Crippen molar-refractivity contribution >= 4 is 28.2 Å². The number of hydrogen-bond acceptors (Lipinski definition) is 7. The molecule has 0 aliphatic carbocycles. The van der Waals surface area contributed by atoms with Gasteiger partial charge in [0.2, 0.25) is 16.6 Å². The zero-order valence-electron chi connectivity index (χ0n) is 33.9. The molecule has 1 amide bonds. The van der Waals surface area contributed by atoms with Crippen LogP contribution in [0.2, 0.25) is 33.2 Å². The van der Waals surface area contributed by atoms with Crippen molar-refractivity contribution in [2.24, 2.45) is 0 Å². The zero-order valence-corrected chi connectivity index (χ0v) is 35.9. The fourth-order valence-electron chi connectivity index (χ4n) is 9.30. The van der Waals surface area contributed by atoms with Gasteiger partial charge in [0.1, 0.15) is 34.9 Å². The van der Waals surface area contributed by atoms with Crippen molar-refractivity contribution in [1.82, 2.24) is 9.97 Å². The van der Waals surface area contributed by atoms with E-state index in [0.717, 1.165) is 24.3 Å². The number of carbonyl (C=O) groups excluding carboxylic acids is 1. The minimum Gasteiger partial charge on any atom is -0.410 e. The van der Waals surface area contributed by atoms with Crippen LogP contribution < -0.4 is 5.32 Å². The van der Waals surface area contributed by atoms with Gasteiger partial charge in [0, 0.05) is 18.2 Å². The highest BCUT2D eigenvalue weighted by atomic mass is 28.4. The largest absolute Gasteiger partial charge is 0.410 e. The second-order valence-corrected chi connectivity index (χ2v) is 27.3. The lowest BCUT2D eigenvalue weighted by molar-refractivity contribution is -0.173. The molecule has 13 heteroatoms. The molecule has 3 heterocycles. The average Bonchev–Trinajstić information content (AvgIpc) is 3.09. The third-order valence-corrected chi connectivity index (χ3v) is 23.8. The third kappa shape index (κ3) is 8.56. The first kappa shape index (κ1) is 43.8. The SMILES string of the molecule is CC(C)[Si](O[C@@H]1[C@@H](CO)O[C@@H](c2ccncc2NC(=O)c2ccc(F)c(-c3c(F)cccc3F)n2)C[C@H]1O[Si](C(C)C)(C(C)C)C(C)C)(C(C)C)C(C)C. The van der Waals surface area contributed by atoms with Gasteiger partial charge in [0.15, 0.2) is 0 Å². The van der Waals surface area contributed by atoms with Gasteiger partial charge in [-0.15, -0.1) is 0 Å². The highest BCUT2D eigenvalue weighted by Crippen LogP contribution is 2.50. The first-order valence-electron chi connectivity index (χ1n) is 19.3. The van der Waals surface area contributed by atoms with Crippen LogP contribution in [0, 0.1) is 17.5 Å². The number of nitrogens with zero attached hydrogens (tertiary/aromatic N) is 2. The van der Waals surface area contributed by atoms with E-state index in [4.69, 9.17) is 13.6 Å². The Morgan fingerprint density at radius 1 is 0.815 bits per heavy atom. The fraction of sp³-hybridized carbons (Fsp3) is 0.585. The van der Waals surface area contributed by atoms with Gasteiger partial charge in [0.25, 0.3) is 5.91 Å². The number of amides is 1. The summed E-state index contributed by atoms with van der Waals surface area (Å²) in [6.07, 6.45) is 1.13. The van der Waals surface area contributed by atoms with Crippen LogP contribution in [0.5, 0.6) is 0 Å². The van der Waals surface area contributed by atoms with Gasteiger partial charge in [-0.25, -0.2) is 18.2 Å². The fourth-order valence-corrected chi connectivity index (χ4v) is 20.5. The number of carbonyl (C=O) groups is 1. The summed E-state index contributed by atoms with van der Waals surface area (Å²) in [7, 11) is -4.98. The number of hydrogen-bond donors (Lipinski definition) is 2. The Morgan fingerprint density at radius 2 is 1.35 bits per heavy atom. The molecule has 3 aromatic rings. The number of halogens is 3. The zero-order chi connectivity index (χ0) is 40.3. The van der Waals surface area contributed by atoms with Crippen molar-refractivity contribution in [3.05, 3.63) is 77.5 Å². The number of benzene rings is 1. The van der Waals surface area contributed by atoms with Gasteiger partial charge >= 0.3 is 0 Å². The molecule has 0 spiro atoms. The molecule has 298 valence electrons. The van der Waals surface area contributed by atoms with Crippen molar-refractivity contribution in [3.8, 4) is 11.3 Å². The quantitative estimate of drug-likeness (QED) is 0.148. The highest BCUT2D eigenvalue weighted by Gasteiger charge is 2.54. The van der Waals surface area contributed by atoms with E-state index in [2.05, 4.69) is 98.4 Å². The van der Waals surface area contributed by atoms with Crippen LogP contribution in [0.15, 0.2) is 48.8 Å². The van der Waals surface area contributed by atoms with Crippen LogP contribution in [-0.4, -0.2) is 62.5 Å². The summed E-state index contributed by atoms with van der Waals surface area (Å²) in [4.78, 5) is 22.0. The van der Waals surface area contributed by atoms with E-state index in [1.54, 1.807) is 12.3 Å². The number of aliphatic hydroxyl groups is 1. The monoisotopic (exact) mass is 787 g/mol. The highest BCUT2D eigenvalue weighted by molar-refractivity contribution is 6.78. The minimum atomic E-state index is -2.49. The topological polar surface area (TPSA) is 103 Å². The molecule has 2 N–H and O–H groups in total. The van der Waals surface area contributed by atoms with Crippen LogP contribution >= 0.6 is 0 Å². The first-order valence-corrected chi connectivity index (χ1v) is 23.6. The predicted molar refractivity (Wildman–Crippen MR) is 213 cm³/mol. The summed E-state index contributed by atoms with van der Waals surface area (Å²) in [5.74, 6) is -3.72. The lowest BCUT2D eigenvalue weighted by atomic mass is 9.93. The standard InChI is InChI=1S/C41H60F3N3O5Si2/c1-23(2)53(24(3)4,25(5)6)51-36-20-35(50-37(22-48)40(36)52-54(26(7)8,27(9)10)28(11)12)29-18-19-45-21-34(29)47-41(49)33-17-16-32(44)39(46-33)38-30(42)14-13-15-31(38)43/h13-19,21,23-28,35-37,40,48H,20,22H2,1-12H3,(H,47,49)/t35-,36-,37-,40+/m1/s1. The maximum Gasteiger partial charge on any atom is 0.274 e. The molecule has 8 nitrogen and oxygen atoms in total. The van der Waals surface area contributed by atoms with E-state index in [9.17, 15) is 23.1 Å². The molecule has 0 saturated carbocycles. The predicted octanol–water partition coefficient (Wildman–Crippen LogP) is 10.8. The third-order valence-electron chi connectivity index (χ3n) is 11.5. The lowest BCUT2D eigenvalue weighted by Gasteiger charge is -2.53. The molecule has 1 aromatic carbocycles. The molecule has 1 fully saturated rings. The Kier molecular flexibility index (Phi) is 14.5. The van der Waals surface area contributed by atoms with E-state index in [-0.39, 0.29) is 45.5 Å². The first-order chi connectivity index (χ1) is 25.3. The molecule has 1 aliphatic heterocycles. The number of anilines is 1. The number of nitrogens with one attached hydrogen (secondary N) is 1. The Balaban J connectivity index is 1.78. The summed E-state index contributed by atoms with van der Waals surface area (Å²) in [6.45, 7) is 26.5. The molecule has 54 heavy (non-hydrogen) atoms. The number of pyridine rings is 2. The van der Waals surface area contributed by atoms with Crippen LogP contribution in [-0.2, 0) is 13.6 Å². The van der Waals surface area contributed by atoms with Crippen molar-refractivity contribution in [2.45, 2.75) is 147 Å². The summed E-state index contributed by atoms with van der Waals surface area (Å²) in [5.41, 5.74) is 1.09. The van der Waals surface area contributed by atoms with Gasteiger partial charge in [0.05, 0.1) is 42.4 Å². The Hall–Kier alpha value is -2.95. The Labute approximate surface area is 321 Å². The minimum absolute atomic E-state index is 0.254. The maximum absolute atomic E-state index is 14.9. The molecule has 0 unspecified atom stereocenters. The van der Waals surface area contributed by atoms with Crippen LogP contribution in [0.25, 0.3) is 11.3 Å². The molecular formula is C41H60F3N3O5Si2. The van der Waals surface area contributed by atoms with Gasteiger partial charge in [-0.2, -0.15) is 0 Å². The van der Waals surface area contributed by atoms with Crippen molar-refractivity contribution in [2.75, 3.05) is 11.9 Å². The summed E-state index contributed by atoms with van der Waals surface area (Å²) >= 11 is 0. The van der Waals surface area contributed by atoms with Crippen molar-refractivity contribution < 1.29 is 36.7 Å². The van der Waals surface area contributed by atoms with Crippen LogP contribution in [0.1, 0.15) is 112 Å². The molecule has 1 aliphatic rings. The molecule has 2 aromatic heterocycles. The Morgan fingerprint density at radius 3 is 1.87 bits per heavy atom. The second kappa shape index (κ2) is 17.9.